The average Bonchev–Trinajstić information content (AvgIpc) is 2.27. The summed E-state index contributed by atoms with van der Waals surface area (Å²) in [5, 5.41) is 0. The molecule has 1 N–H and O–H groups in total. The standard InChI is InChI=1S/C14H21F2NOS/c1-9-11(7-6-8-12(9)13(15)16)10(2)17-19(18)14(3,4)5/h6-8,10,13,17H,1-5H3/t10-,19-/m1/s1. The van der Waals surface area contributed by atoms with Gasteiger partial charge in [0.25, 0.3) is 6.43 Å². The zero-order chi connectivity index (χ0) is 14.8. The first-order valence-electron chi connectivity index (χ1n) is 6.20. The van der Waals surface area contributed by atoms with E-state index < -0.39 is 17.8 Å². The lowest BCUT2D eigenvalue weighted by atomic mass is 9.98. The number of rotatable bonds is 4. The van der Waals surface area contributed by atoms with Gasteiger partial charge in [-0.2, -0.15) is 0 Å². The van der Waals surface area contributed by atoms with Crippen LogP contribution in [0.2, 0.25) is 0 Å². The molecule has 0 saturated carbocycles. The number of nitrogens with one attached hydrogen (secondary N) is 1. The fourth-order valence-corrected chi connectivity index (χ4v) is 2.58. The average molecular weight is 289 g/mol. The predicted octanol–water partition coefficient (Wildman–Crippen LogP) is 4.05. The van der Waals surface area contributed by atoms with E-state index in [0.717, 1.165) is 5.56 Å². The quantitative estimate of drug-likeness (QED) is 0.849. The van der Waals surface area contributed by atoms with Gasteiger partial charge in [-0.25, -0.2) is 8.78 Å². The van der Waals surface area contributed by atoms with Crippen molar-refractivity contribution < 1.29 is 13.3 Å². The number of benzene rings is 1. The second-order valence-corrected chi connectivity index (χ2v) is 7.58. The Bertz CT molecular complexity index is 432. The molecule has 2 atom stereocenters. The van der Waals surface area contributed by atoms with Crippen molar-refractivity contribution in [2.75, 3.05) is 0 Å². The normalized spacial score (nSPS) is 15.6. The molecule has 0 bridgehead atoms. The van der Waals surface area contributed by atoms with Crippen LogP contribution in [0, 0.1) is 6.92 Å². The minimum Gasteiger partial charge on any atom is -0.598 e. The highest BCUT2D eigenvalue weighted by Crippen LogP contribution is 2.29. The Morgan fingerprint density at radius 2 is 1.74 bits per heavy atom. The molecule has 1 aromatic carbocycles. The van der Waals surface area contributed by atoms with E-state index in [1.165, 1.54) is 6.07 Å². The summed E-state index contributed by atoms with van der Waals surface area (Å²) in [6.45, 7) is 9.11. The Kier molecular flexibility index (Phi) is 5.35. The summed E-state index contributed by atoms with van der Waals surface area (Å²) >= 11 is -1.23. The van der Waals surface area contributed by atoms with Crippen LogP contribution >= 0.6 is 0 Å². The second kappa shape index (κ2) is 6.20. The van der Waals surface area contributed by atoms with Crippen LogP contribution in [0.5, 0.6) is 0 Å². The Hall–Kier alpha value is -0.650. The van der Waals surface area contributed by atoms with Crippen LogP contribution < -0.4 is 4.72 Å². The molecule has 0 aliphatic heterocycles. The highest BCUT2D eigenvalue weighted by Gasteiger charge is 2.29. The van der Waals surface area contributed by atoms with Crippen LogP contribution in [0.3, 0.4) is 0 Å². The third kappa shape index (κ3) is 4.16. The maximum absolute atomic E-state index is 12.8. The van der Waals surface area contributed by atoms with Crippen molar-refractivity contribution in [2.24, 2.45) is 0 Å². The van der Waals surface area contributed by atoms with Crippen molar-refractivity contribution in [2.45, 2.75) is 51.8 Å². The topological polar surface area (TPSA) is 35.1 Å². The van der Waals surface area contributed by atoms with Crippen molar-refractivity contribution in [3.05, 3.63) is 34.9 Å². The van der Waals surface area contributed by atoms with Crippen molar-refractivity contribution in [3.63, 3.8) is 0 Å². The lowest BCUT2D eigenvalue weighted by molar-refractivity contribution is 0.150. The molecule has 0 fully saturated rings. The van der Waals surface area contributed by atoms with Crippen molar-refractivity contribution >= 4 is 11.4 Å². The lowest BCUT2D eigenvalue weighted by Crippen LogP contribution is -2.40. The molecule has 0 amide bonds. The molecule has 19 heavy (non-hydrogen) atoms. The van der Waals surface area contributed by atoms with Gasteiger partial charge in [-0.05, 0) is 45.7 Å². The lowest BCUT2D eigenvalue weighted by Gasteiger charge is -2.27. The van der Waals surface area contributed by atoms with Crippen LogP contribution in [-0.2, 0) is 11.4 Å². The summed E-state index contributed by atoms with van der Waals surface area (Å²) in [7, 11) is 0. The van der Waals surface area contributed by atoms with E-state index in [2.05, 4.69) is 4.72 Å². The molecule has 0 aromatic heterocycles. The molecule has 0 saturated heterocycles. The second-order valence-electron chi connectivity index (χ2n) is 5.58. The van der Waals surface area contributed by atoms with Gasteiger partial charge in [-0.3, -0.25) is 0 Å². The Morgan fingerprint density at radius 3 is 2.21 bits per heavy atom. The Morgan fingerprint density at radius 1 is 1.21 bits per heavy atom. The third-order valence-electron chi connectivity index (χ3n) is 2.96. The van der Waals surface area contributed by atoms with Gasteiger partial charge in [0.15, 0.2) is 0 Å². The van der Waals surface area contributed by atoms with Gasteiger partial charge in [0.1, 0.15) is 4.75 Å². The van der Waals surface area contributed by atoms with Crippen LogP contribution in [0.1, 0.15) is 56.9 Å². The Labute approximate surface area is 116 Å². The van der Waals surface area contributed by atoms with Gasteiger partial charge in [0, 0.05) is 16.9 Å². The number of halogens is 2. The smallest absolute Gasteiger partial charge is 0.264 e. The van der Waals surface area contributed by atoms with E-state index in [-0.39, 0.29) is 16.4 Å². The van der Waals surface area contributed by atoms with E-state index >= 15 is 0 Å². The van der Waals surface area contributed by atoms with Crippen LogP contribution in [0.4, 0.5) is 8.78 Å². The minimum atomic E-state index is -2.49. The van der Waals surface area contributed by atoms with Crippen molar-refractivity contribution in [1.29, 1.82) is 0 Å². The number of alkyl halides is 2. The van der Waals surface area contributed by atoms with Crippen LogP contribution in [0.15, 0.2) is 18.2 Å². The molecule has 0 unspecified atom stereocenters. The summed E-state index contributed by atoms with van der Waals surface area (Å²) in [6.07, 6.45) is -2.49. The van der Waals surface area contributed by atoms with Crippen molar-refractivity contribution in [1.82, 2.24) is 4.72 Å². The van der Waals surface area contributed by atoms with E-state index in [1.54, 1.807) is 19.1 Å². The predicted molar refractivity (Wildman–Crippen MR) is 75.6 cm³/mol. The molecule has 0 heterocycles. The first kappa shape index (κ1) is 16.4. The van der Waals surface area contributed by atoms with Gasteiger partial charge < -0.3 is 4.55 Å². The highest BCUT2D eigenvalue weighted by atomic mass is 32.2. The molecule has 1 rings (SSSR count). The largest absolute Gasteiger partial charge is 0.598 e. The first-order chi connectivity index (χ1) is 8.64. The number of hydrogen-bond donors (Lipinski definition) is 1. The summed E-state index contributed by atoms with van der Waals surface area (Å²) in [4.78, 5) is 0. The van der Waals surface area contributed by atoms with Gasteiger partial charge in [-0.1, -0.05) is 18.2 Å². The van der Waals surface area contributed by atoms with Crippen LogP contribution in [-0.4, -0.2) is 9.30 Å². The summed E-state index contributed by atoms with van der Waals surface area (Å²) in [5.41, 5.74) is 1.35. The maximum atomic E-state index is 12.8. The fraction of sp³-hybridized carbons (Fsp3) is 0.571. The molecular formula is C14H21F2NOS. The third-order valence-corrected chi connectivity index (χ3v) is 4.64. The molecule has 0 spiro atoms. The molecule has 108 valence electrons. The van der Waals surface area contributed by atoms with E-state index in [1.807, 2.05) is 27.7 Å². The van der Waals surface area contributed by atoms with Crippen LogP contribution in [0.25, 0.3) is 0 Å². The monoisotopic (exact) mass is 289 g/mol. The van der Waals surface area contributed by atoms with Crippen molar-refractivity contribution in [3.8, 4) is 0 Å². The molecule has 1 aromatic rings. The number of hydrogen-bond acceptors (Lipinski definition) is 2. The van der Waals surface area contributed by atoms with Gasteiger partial charge in [0.2, 0.25) is 0 Å². The van der Waals surface area contributed by atoms with Gasteiger partial charge in [0.05, 0.1) is 6.04 Å². The van der Waals surface area contributed by atoms with E-state index in [9.17, 15) is 13.3 Å². The fourth-order valence-electron chi connectivity index (χ4n) is 1.78. The highest BCUT2D eigenvalue weighted by molar-refractivity contribution is 7.90. The molecular weight excluding hydrogens is 268 g/mol. The zero-order valence-corrected chi connectivity index (χ0v) is 12.8. The molecule has 0 radical (unpaired) electrons. The van der Waals surface area contributed by atoms with E-state index in [0.29, 0.717) is 5.56 Å². The SMILES string of the molecule is Cc1c(C(F)F)cccc1[C@@H](C)N[S@+]([O-])C(C)(C)C. The summed E-state index contributed by atoms with van der Waals surface area (Å²) in [5.74, 6) is 0. The molecule has 5 heteroatoms. The summed E-state index contributed by atoms with van der Waals surface area (Å²) < 4.78 is 40.3. The van der Waals surface area contributed by atoms with E-state index in [4.69, 9.17) is 0 Å². The molecule has 0 aliphatic carbocycles. The summed E-state index contributed by atoms with van der Waals surface area (Å²) in [6, 6.07) is 4.59. The van der Waals surface area contributed by atoms with Gasteiger partial charge in [-0.15, -0.1) is 4.72 Å². The van der Waals surface area contributed by atoms with Gasteiger partial charge >= 0.3 is 0 Å². The maximum Gasteiger partial charge on any atom is 0.264 e. The first-order valence-corrected chi connectivity index (χ1v) is 7.35. The molecule has 0 aliphatic rings. The Balaban J connectivity index is 2.95. The minimum absolute atomic E-state index is 0.0349. The molecule has 2 nitrogen and oxygen atoms in total. The zero-order valence-electron chi connectivity index (χ0n) is 12.0.